The minimum atomic E-state index is 0.181. The molecule has 0 unspecified atom stereocenters. The predicted octanol–water partition coefficient (Wildman–Crippen LogP) is 2.38. The van der Waals surface area contributed by atoms with Gasteiger partial charge in [0.1, 0.15) is 0 Å². The minimum absolute atomic E-state index is 0.181. The lowest BCUT2D eigenvalue weighted by Gasteiger charge is -2.36. The van der Waals surface area contributed by atoms with Crippen molar-refractivity contribution < 1.29 is 0 Å². The molecule has 1 atom stereocenters. The van der Waals surface area contributed by atoms with Gasteiger partial charge in [-0.2, -0.15) is 0 Å². The third-order valence-corrected chi connectivity index (χ3v) is 4.50. The average Bonchev–Trinajstić information content (AvgIpc) is 3.31. The first-order chi connectivity index (χ1) is 9.28. The van der Waals surface area contributed by atoms with Gasteiger partial charge in [0, 0.05) is 44.0 Å². The summed E-state index contributed by atoms with van der Waals surface area (Å²) >= 11 is 0. The molecule has 1 aromatic rings. The summed E-state index contributed by atoms with van der Waals surface area (Å²) in [7, 11) is 0. The van der Waals surface area contributed by atoms with Gasteiger partial charge in [-0.25, -0.2) is 0 Å². The zero-order valence-electron chi connectivity index (χ0n) is 11.9. The van der Waals surface area contributed by atoms with E-state index in [-0.39, 0.29) is 6.04 Å². The lowest BCUT2D eigenvalue weighted by atomic mass is 10.0. The smallest absolute Gasteiger partial charge is 0.0367 e. The molecule has 0 amide bonds. The second-order valence-electron chi connectivity index (χ2n) is 5.86. The monoisotopic (exact) mass is 259 g/mol. The molecule has 2 N–H and O–H groups in total. The van der Waals surface area contributed by atoms with Gasteiger partial charge in [0.25, 0.3) is 0 Å². The van der Waals surface area contributed by atoms with E-state index in [1.54, 1.807) is 0 Å². The quantitative estimate of drug-likeness (QED) is 0.901. The summed E-state index contributed by atoms with van der Waals surface area (Å²) in [5.41, 5.74) is 8.66. The Morgan fingerprint density at radius 1 is 1.11 bits per heavy atom. The van der Waals surface area contributed by atoms with E-state index in [2.05, 4.69) is 41.0 Å². The van der Waals surface area contributed by atoms with Crippen molar-refractivity contribution in [2.24, 2.45) is 5.73 Å². The van der Waals surface area contributed by atoms with Crippen molar-refractivity contribution in [3.8, 4) is 0 Å². The first-order valence-electron chi connectivity index (χ1n) is 7.62. The van der Waals surface area contributed by atoms with Crippen molar-refractivity contribution >= 4 is 5.69 Å². The fraction of sp³-hybridized carbons (Fsp3) is 0.625. The zero-order valence-corrected chi connectivity index (χ0v) is 11.9. The van der Waals surface area contributed by atoms with Crippen LogP contribution in [0.3, 0.4) is 0 Å². The van der Waals surface area contributed by atoms with E-state index < -0.39 is 0 Å². The predicted molar refractivity (Wildman–Crippen MR) is 80.5 cm³/mol. The molecule has 0 spiro atoms. The molecule has 0 radical (unpaired) electrons. The Kier molecular flexibility index (Phi) is 3.76. The largest absolute Gasteiger partial charge is 0.369 e. The van der Waals surface area contributed by atoms with E-state index in [0.717, 1.165) is 25.6 Å². The highest BCUT2D eigenvalue weighted by Crippen LogP contribution is 2.28. The summed E-state index contributed by atoms with van der Waals surface area (Å²) in [6, 6.07) is 9.94. The van der Waals surface area contributed by atoms with E-state index in [0.29, 0.717) is 0 Å². The molecule has 104 valence electrons. The molecule has 1 heterocycles. The Hall–Kier alpha value is -1.06. The van der Waals surface area contributed by atoms with Crippen LogP contribution in [-0.2, 0) is 0 Å². The Bertz CT molecular complexity index is 403. The average molecular weight is 259 g/mol. The molecule has 1 aliphatic carbocycles. The molecule has 1 saturated heterocycles. The molecule has 3 rings (SSSR count). The van der Waals surface area contributed by atoms with Gasteiger partial charge in [0.05, 0.1) is 0 Å². The highest BCUT2D eigenvalue weighted by Gasteiger charge is 2.31. The maximum Gasteiger partial charge on any atom is 0.0367 e. The maximum absolute atomic E-state index is 6.06. The first-order valence-corrected chi connectivity index (χ1v) is 7.62. The number of piperazine rings is 1. The molecular formula is C16H25N3. The molecule has 0 bridgehead atoms. The van der Waals surface area contributed by atoms with E-state index in [1.165, 1.54) is 37.2 Å². The molecule has 1 aliphatic heterocycles. The Morgan fingerprint density at radius 2 is 1.74 bits per heavy atom. The Balaban J connectivity index is 1.60. The number of benzene rings is 1. The van der Waals surface area contributed by atoms with Crippen molar-refractivity contribution in [2.45, 2.75) is 38.3 Å². The van der Waals surface area contributed by atoms with Crippen LogP contribution < -0.4 is 10.6 Å². The number of rotatable bonds is 4. The number of nitrogens with two attached hydrogens (primary N) is 1. The van der Waals surface area contributed by atoms with Gasteiger partial charge in [0.15, 0.2) is 0 Å². The molecule has 1 saturated carbocycles. The lowest BCUT2D eigenvalue weighted by Crippen LogP contribution is -2.47. The van der Waals surface area contributed by atoms with Crippen LogP contribution in [0.2, 0.25) is 0 Å². The van der Waals surface area contributed by atoms with Crippen LogP contribution in [0.1, 0.15) is 37.8 Å². The SMILES string of the molecule is CC[C@H](N)c1ccc(N2CCN(C3CC3)CC2)cc1. The van der Waals surface area contributed by atoms with E-state index in [9.17, 15) is 0 Å². The van der Waals surface area contributed by atoms with Gasteiger partial charge in [-0.05, 0) is 37.0 Å². The van der Waals surface area contributed by atoms with Crippen LogP contribution in [0.15, 0.2) is 24.3 Å². The van der Waals surface area contributed by atoms with Crippen LogP contribution in [0.25, 0.3) is 0 Å². The van der Waals surface area contributed by atoms with Gasteiger partial charge in [-0.1, -0.05) is 19.1 Å². The number of nitrogens with zero attached hydrogens (tertiary/aromatic N) is 2. The van der Waals surface area contributed by atoms with Gasteiger partial charge < -0.3 is 10.6 Å². The third kappa shape index (κ3) is 2.93. The molecule has 2 aliphatic rings. The van der Waals surface area contributed by atoms with E-state index in [4.69, 9.17) is 5.73 Å². The number of hydrogen-bond acceptors (Lipinski definition) is 3. The zero-order chi connectivity index (χ0) is 13.2. The molecule has 0 aromatic heterocycles. The van der Waals surface area contributed by atoms with Gasteiger partial charge in [-0.15, -0.1) is 0 Å². The van der Waals surface area contributed by atoms with Crippen LogP contribution in [0.5, 0.6) is 0 Å². The van der Waals surface area contributed by atoms with Crippen molar-refractivity contribution in [2.75, 3.05) is 31.1 Å². The van der Waals surface area contributed by atoms with Crippen molar-refractivity contribution in [1.29, 1.82) is 0 Å². The second-order valence-corrected chi connectivity index (χ2v) is 5.86. The van der Waals surface area contributed by atoms with Crippen molar-refractivity contribution in [3.63, 3.8) is 0 Å². The fourth-order valence-electron chi connectivity index (χ4n) is 2.95. The van der Waals surface area contributed by atoms with Crippen LogP contribution >= 0.6 is 0 Å². The number of anilines is 1. The van der Waals surface area contributed by atoms with Gasteiger partial charge in [-0.3, -0.25) is 4.90 Å². The highest BCUT2D eigenvalue weighted by atomic mass is 15.3. The summed E-state index contributed by atoms with van der Waals surface area (Å²) in [6.45, 7) is 6.91. The van der Waals surface area contributed by atoms with Crippen molar-refractivity contribution in [1.82, 2.24) is 4.90 Å². The van der Waals surface area contributed by atoms with Gasteiger partial charge in [0.2, 0.25) is 0 Å². The maximum atomic E-state index is 6.06. The van der Waals surface area contributed by atoms with Crippen LogP contribution in [-0.4, -0.2) is 37.1 Å². The summed E-state index contributed by atoms with van der Waals surface area (Å²) in [5, 5.41) is 0. The Labute approximate surface area is 116 Å². The van der Waals surface area contributed by atoms with E-state index >= 15 is 0 Å². The fourth-order valence-corrected chi connectivity index (χ4v) is 2.95. The summed E-state index contributed by atoms with van der Waals surface area (Å²) in [5.74, 6) is 0. The van der Waals surface area contributed by atoms with Gasteiger partial charge >= 0.3 is 0 Å². The van der Waals surface area contributed by atoms with Crippen molar-refractivity contribution in [3.05, 3.63) is 29.8 Å². The number of hydrogen-bond donors (Lipinski definition) is 1. The summed E-state index contributed by atoms with van der Waals surface area (Å²) in [6.07, 6.45) is 3.84. The standard InChI is InChI=1S/C16H25N3/c1-2-16(17)13-3-5-14(6-4-13)18-9-11-19(12-10-18)15-7-8-15/h3-6,15-16H,2,7-12,17H2,1H3/t16-/m0/s1. The topological polar surface area (TPSA) is 32.5 Å². The van der Waals surface area contributed by atoms with Crippen LogP contribution in [0.4, 0.5) is 5.69 Å². The highest BCUT2D eigenvalue weighted by molar-refractivity contribution is 5.48. The molecular weight excluding hydrogens is 234 g/mol. The lowest BCUT2D eigenvalue weighted by molar-refractivity contribution is 0.248. The molecule has 3 nitrogen and oxygen atoms in total. The summed E-state index contributed by atoms with van der Waals surface area (Å²) < 4.78 is 0. The first kappa shape index (κ1) is 12.9. The molecule has 19 heavy (non-hydrogen) atoms. The van der Waals surface area contributed by atoms with Crippen LogP contribution in [0, 0.1) is 0 Å². The molecule has 1 aromatic carbocycles. The molecule has 2 fully saturated rings. The third-order valence-electron chi connectivity index (χ3n) is 4.50. The van der Waals surface area contributed by atoms with E-state index in [1.807, 2.05) is 0 Å². The summed E-state index contributed by atoms with van der Waals surface area (Å²) in [4.78, 5) is 5.15. The minimum Gasteiger partial charge on any atom is -0.369 e. The molecule has 3 heteroatoms. The second kappa shape index (κ2) is 5.51. The normalized spacial score (nSPS) is 22.5. The Morgan fingerprint density at radius 3 is 2.26 bits per heavy atom.